The number of benzene rings is 2. The van der Waals surface area contributed by atoms with Crippen LogP contribution in [0.25, 0.3) is 0 Å². The van der Waals surface area contributed by atoms with Gasteiger partial charge in [-0.25, -0.2) is 0 Å². The predicted molar refractivity (Wildman–Crippen MR) is 110 cm³/mol. The highest BCUT2D eigenvalue weighted by Gasteiger charge is 2.26. The maximum Gasteiger partial charge on any atom is 0.0234 e. The fraction of sp³-hybridized carbons (Fsp3) is 0.500. The van der Waals surface area contributed by atoms with Crippen molar-refractivity contribution in [2.24, 2.45) is 5.73 Å². The third-order valence-corrected chi connectivity index (χ3v) is 6.24. The molecule has 0 bridgehead atoms. The topological polar surface area (TPSA) is 29.3 Å². The Bertz CT molecular complexity index is 734. The molecule has 2 unspecified atom stereocenters. The molecule has 2 N–H and O–H groups in total. The first-order valence-electron chi connectivity index (χ1n) is 10.4. The van der Waals surface area contributed by atoms with E-state index in [1.54, 1.807) is 11.1 Å². The zero-order valence-electron chi connectivity index (χ0n) is 16.1. The Morgan fingerprint density at radius 3 is 2.42 bits per heavy atom. The summed E-state index contributed by atoms with van der Waals surface area (Å²) in [4.78, 5) is 2.57. The fourth-order valence-corrected chi connectivity index (χ4v) is 4.77. The van der Waals surface area contributed by atoms with Crippen LogP contribution in [0.3, 0.4) is 0 Å². The van der Waals surface area contributed by atoms with E-state index in [-0.39, 0.29) is 6.04 Å². The molecule has 2 aliphatic rings. The van der Waals surface area contributed by atoms with Gasteiger partial charge in [-0.3, -0.25) is 4.90 Å². The number of nitrogens with two attached hydrogens (primary N) is 1. The summed E-state index contributed by atoms with van der Waals surface area (Å²) in [5, 5.41) is 0. The number of piperidine rings is 1. The SMILES string of the molecule is CCc1ccc(C2CC(N)CN(Cc3ccc4c(c3)CCCC4)C2)cc1. The van der Waals surface area contributed by atoms with Crippen LogP contribution in [0.1, 0.15) is 59.9 Å². The van der Waals surface area contributed by atoms with Gasteiger partial charge in [0.25, 0.3) is 0 Å². The van der Waals surface area contributed by atoms with Crippen molar-refractivity contribution in [3.63, 3.8) is 0 Å². The second kappa shape index (κ2) is 7.94. The van der Waals surface area contributed by atoms with Gasteiger partial charge in [-0.15, -0.1) is 0 Å². The Morgan fingerprint density at radius 2 is 1.65 bits per heavy atom. The number of likely N-dealkylation sites (tertiary alicyclic amines) is 1. The first-order chi connectivity index (χ1) is 12.7. The Morgan fingerprint density at radius 1 is 0.923 bits per heavy atom. The second-order valence-electron chi connectivity index (χ2n) is 8.29. The van der Waals surface area contributed by atoms with E-state index >= 15 is 0 Å². The molecule has 1 heterocycles. The monoisotopic (exact) mass is 348 g/mol. The lowest BCUT2D eigenvalue weighted by atomic mass is 9.87. The lowest BCUT2D eigenvalue weighted by Gasteiger charge is -2.37. The largest absolute Gasteiger partial charge is 0.327 e. The molecule has 0 amide bonds. The van der Waals surface area contributed by atoms with Crippen molar-refractivity contribution >= 4 is 0 Å². The second-order valence-corrected chi connectivity index (χ2v) is 8.29. The third-order valence-electron chi connectivity index (χ3n) is 6.24. The van der Waals surface area contributed by atoms with Crippen molar-refractivity contribution in [3.05, 3.63) is 70.3 Å². The maximum absolute atomic E-state index is 6.43. The fourth-order valence-electron chi connectivity index (χ4n) is 4.77. The number of hydrogen-bond donors (Lipinski definition) is 1. The van der Waals surface area contributed by atoms with Crippen LogP contribution in [-0.4, -0.2) is 24.0 Å². The average molecular weight is 349 g/mol. The Kier molecular flexibility index (Phi) is 5.42. The molecule has 4 rings (SSSR count). The number of nitrogens with zero attached hydrogens (tertiary/aromatic N) is 1. The van der Waals surface area contributed by atoms with Crippen LogP contribution in [0.2, 0.25) is 0 Å². The molecule has 26 heavy (non-hydrogen) atoms. The summed E-state index contributed by atoms with van der Waals surface area (Å²) in [6.07, 6.45) is 7.43. The molecule has 0 aromatic heterocycles. The molecule has 2 aromatic rings. The molecule has 2 nitrogen and oxygen atoms in total. The van der Waals surface area contributed by atoms with Crippen molar-refractivity contribution in [2.75, 3.05) is 13.1 Å². The first kappa shape index (κ1) is 17.8. The summed E-state index contributed by atoms with van der Waals surface area (Å²) in [5.41, 5.74) is 13.9. The van der Waals surface area contributed by atoms with E-state index in [1.165, 1.54) is 42.4 Å². The van der Waals surface area contributed by atoms with E-state index in [1.807, 2.05) is 0 Å². The van der Waals surface area contributed by atoms with Crippen molar-refractivity contribution in [1.29, 1.82) is 0 Å². The van der Waals surface area contributed by atoms with E-state index in [9.17, 15) is 0 Å². The van der Waals surface area contributed by atoms with Crippen LogP contribution < -0.4 is 5.73 Å². The molecular formula is C24H32N2. The molecule has 1 fully saturated rings. The summed E-state index contributed by atoms with van der Waals surface area (Å²) in [5.74, 6) is 0.558. The normalized spacial score (nSPS) is 23.6. The van der Waals surface area contributed by atoms with E-state index < -0.39 is 0 Å². The molecule has 1 aliphatic heterocycles. The van der Waals surface area contributed by atoms with Crippen LogP contribution >= 0.6 is 0 Å². The predicted octanol–water partition coefficient (Wildman–Crippen LogP) is 4.44. The highest BCUT2D eigenvalue weighted by atomic mass is 15.1. The minimum absolute atomic E-state index is 0.275. The van der Waals surface area contributed by atoms with Crippen LogP contribution in [0.5, 0.6) is 0 Å². The molecular weight excluding hydrogens is 316 g/mol. The molecule has 1 aliphatic carbocycles. The minimum atomic E-state index is 0.275. The average Bonchev–Trinajstić information content (AvgIpc) is 2.67. The number of hydrogen-bond acceptors (Lipinski definition) is 2. The zero-order valence-corrected chi connectivity index (χ0v) is 16.1. The van der Waals surface area contributed by atoms with E-state index in [0.29, 0.717) is 5.92 Å². The van der Waals surface area contributed by atoms with Gasteiger partial charge in [-0.2, -0.15) is 0 Å². The maximum atomic E-state index is 6.43. The van der Waals surface area contributed by atoms with Gasteiger partial charge in [0.15, 0.2) is 0 Å². The van der Waals surface area contributed by atoms with Crippen molar-refractivity contribution in [1.82, 2.24) is 4.90 Å². The summed E-state index contributed by atoms with van der Waals surface area (Å²) in [7, 11) is 0. The summed E-state index contributed by atoms with van der Waals surface area (Å²) in [6.45, 7) is 5.38. The van der Waals surface area contributed by atoms with Crippen LogP contribution in [0.15, 0.2) is 42.5 Å². The Balaban J connectivity index is 1.46. The first-order valence-corrected chi connectivity index (χ1v) is 10.4. The molecule has 2 aromatic carbocycles. The van der Waals surface area contributed by atoms with E-state index in [0.717, 1.165) is 32.5 Å². The smallest absolute Gasteiger partial charge is 0.0234 e. The quantitative estimate of drug-likeness (QED) is 0.885. The molecule has 2 atom stereocenters. The van der Waals surface area contributed by atoms with Crippen molar-refractivity contribution in [2.45, 2.75) is 64.0 Å². The van der Waals surface area contributed by atoms with Gasteiger partial charge in [-0.1, -0.05) is 49.4 Å². The van der Waals surface area contributed by atoms with Gasteiger partial charge >= 0.3 is 0 Å². The van der Waals surface area contributed by atoms with Gasteiger partial charge in [0, 0.05) is 25.7 Å². The van der Waals surface area contributed by atoms with Gasteiger partial charge in [0.05, 0.1) is 0 Å². The molecule has 1 saturated heterocycles. The Labute approximate surface area is 158 Å². The molecule has 0 saturated carbocycles. The zero-order chi connectivity index (χ0) is 17.9. The van der Waals surface area contributed by atoms with Crippen LogP contribution in [-0.2, 0) is 25.8 Å². The van der Waals surface area contributed by atoms with E-state index in [2.05, 4.69) is 54.3 Å². The summed E-state index contributed by atoms with van der Waals surface area (Å²) < 4.78 is 0. The molecule has 138 valence electrons. The third kappa shape index (κ3) is 4.02. The summed E-state index contributed by atoms with van der Waals surface area (Å²) in [6, 6.07) is 16.6. The molecule has 0 radical (unpaired) electrons. The summed E-state index contributed by atoms with van der Waals surface area (Å²) >= 11 is 0. The lowest BCUT2D eigenvalue weighted by Crippen LogP contribution is -2.45. The minimum Gasteiger partial charge on any atom is -0.327 e. The standard InChI is InChI=1S/C24H32N2/c1-2-18-7-10-21(11-8-18)23-14-24(25)17-26(16-23)15-19-9-12-20-5-3-4-6-22(20)13-19/h7-13,23-24H,2-6,14-17,25H2,1H3. The number of rotatable bonds is 4. The van der Waals surface area contributed by atoms with Gasteiger partial charge in [0.2, 0.25) is 0 Å². The molecule has 2 heteroatoms. The number of fused-ring (bicyclic) bond motifs is 1. The lowest BCUT2D eigenvalue weighted by molar-refractivity contribution is 0.181. The highest BCUT2D eigenvalue weighted by molar-refractivity contribution is 5.34. The van der Waals surface area contributed by atoms with Gasteiger partial charge < -0.3 is 5.73 Å². The van der Waals surface area contributed by atoms with Gasteiger partial charge in [0.1, 0.15) is 0 Å². The number of aryl methyl sites for hydroxylation is 3. The van der Waals surface area contributed by atoms with Crippen LogP contribution in [0.4, 0.5) is 0 Å². The van der Waals surface area contributed by atoms with Crippen LogP contribution in [0, 0.1) is 0 Å². The van der Waals surface area contributed by atoms with E-state index in [4.69, 9.17) is 5.73 Å². The van der Waals surface area contributed by atoms with Gasteiger partial charge in [-0.05, 0) is 72.3 Å². The highest BCUT2D eigenvalue weighted by Crippen LogP contribution is 2.29. The molecule has 0 spiro atoms. The Hall–Kier alpha value is -1.64. The van der Waals surface area contributed by atoms with Crippen molar-refractivity contribution < 1.29 is 0 Å². The van der Waals surface area contributed by atoms with Crippen molar-refractivity contribution in [3.8, 4) is 0 Å².